The summed E-state index contributed by atoms with van der Waals surface area (Å²) in [6.07, 6.45) is 14.4. The van der Waals surface area contributed by atoms with Gasteiger partial charge in [-0.3, -0.25) is 19.2 Å². The highest BCUT2D eigenvalue weighted by Crippen LogP contribution is 2.47. The molecule has 0 amide bonds. The summed E-state index contributed by atoms with van der Waals surface area (Å²) in [5.41, 5.74) is 7.63. The molecule has 2 N–H and O–H groups in total. The first-order valence-electron chi connectivity index (χ1n) is 45.0. The molecule has 0 spiro atoms. The molecule has 0 unspecified atom stereocenters. The number of benzene rings is 8. The number of ketones is 4. The van der Waals surface area contributed by atoms with Gasteiger partial charge in [-0.1, -0.05) is 103 Å². The van der Waals surface area contributed by atoms with Crippen molar-refractivity contribution in [3.05, 3.63) is 235 Å². The van der Waals surface area contributed by atoms with Crippen molar-refractivity contribution in [2.45, 2.75) is 210 Å². The van der Waals surface area contributed by atoms with Crippen molar-refractivity contribution >= 4 is 124 Å². The van der Waals surface area contributed by atoms with Gasteiger partial charge in [-0.25, -0.2) is 57.3 Å². The Kier molecular flexibility index (Phi) is 37.1. The minimum absolute atomic E-state index is 0.00308. The Labute approximate surface area is 820 Å². The number of carboxylic acid groups (broad SMARTS) is 2. The molecule has 12 rings (SSSR count). The number of nitrogens with zero attached hydrogens (tertiary/aromatic N) is 3. The maximum atomic E-state index is 13.6. The summed E-state index contributed by atoms with van der Waals surface area (Å²) >= 11 is 6.45. The second-order valence-electron chi connectivity index (χ2n) is 37.3. The third-order valence-electron chi connectivity index (χ3n) is 25.3. The largest absolute Gasteiger partial charge is 0.478 e. The summed E-state index contributed by atoms with van der Waals surface area (Å²) in [6, 6.07) is 45.7. The SMILES string of the molecule is CCOC(=O)C(C)(C)Oc1c(C)cc([C@H]2CCC[C@@H]2C(=O)c2ccc(SC)cc2)cc1C.CCOC(=O)C(C)(C)Oc1c(C)cc([C@H]2CN(S(C)(=O)=O)C[C@@H]2C(=O)c2ccc(SC)cc2)cc1C.CSc1ccc(C(=O)[C@@H]2CN(S(C)(=O)=O)C[C@H]2c2cc(C)c(OC(C)(C)C(=O)O)c(C)c2)cc1.CSc1ccc(C(=O)[C@H]2CN(S(C)(=O)=O)C[C@@H]2c2cc(C)c(OC(C)(C)C(=O)O)c(C)c2)cc1. The molecule has 4 aliphatic rings. The second-order valence-corrected chi connectivity index (χ2v) is 46.8. The number of hydrogen-bond donors (Lipinski definition) is 2. The van der Waals surface area contributed by atoms with Crippen molar-refractivity contribution in [1.29, 1.82) is 0 Å². The van der Waals surface area contributed by atoms with Gasteiger partial charge in [0.1, 0.15) is 23.0 Å². The molecule has 1 aliphatic carbocycles. The van der Waals surface area contributed by atoms with Gasteiger partial charge in [0, 0.05) is 123 Å². The fourth-order valence-corrected chi connectivity index (χ4v) is 21.9. The van der Waals surface area contributed by atoms with E-state index in [1.807, 2.05) is 177 Å². The van der Waals surface area contributed by atoms with Gasteiger partial charge in [-0.2, -0.15) is 0 Å². The number of sulfonamides is 3. The Hall–Kier alpha value is -9.35. The Morgan fingerprint density at radius 1 is 0.324 bits per heavy atom. The van der Waals surface area contributed by atoms with E-state index in [0.717, 1.165) is 118 Å². The van der Waals surface area contributed by atoms with Crippen LogP contribution in [0.4, 0.5) is 0 Å². The predicted octanol–water partition coefficient (Wildman–Crippen LogP) is 19.4. The van der Waals surface area contributed by atoms with E-state index in [0.29, 0.717) is 46.3 Å². The number of rotatable bonds is 33. The van der Waals surface area contributed by atoms with Crippen LogP contribution in [0.15, 0.2) is 165 Å². The molecule has 32 heteroatoms. The Bertz CT molecular complexity index is 5820. The van der Waals surface area contributed by atoms with Crippen molar-refractivity contribution in [1.82, 2.24) is 12.9 Å². The van der Waals surface area contributed by atoms with Crippen molar-refractivity contribution in [2.75, 3.05) is 96.3 Å². The predicted molar refractivity (Wildman–Crippen MR) is 539 cm³/mol. The molecule has 25 nitrogen and oxygen atoms in total. The summed E-state index contributed by atoms with van der Waals surface area (Å²) in [7, 11) is -10.4. The Morgan fingerprint density at radius 2 is 0.529 bits per heavy atom. The summed E-state index contributed by atoms with van der Waals surface area (Å²) in [5.74, 6) is -3.12. The number of Topliss-reactive ketones (excluding diaryl/α,β-unsaturated/α-hetero) is 4. The molecule has 1 saturated carbocycles. The summed E-state index contributed by atoms with van der Waals surface area (Å²) in [5, 5.41) is 18.9. The van der Waals surface area contributed by atoms with Crippen molar-refractivity contribution in [3.63, 3.8) is 0 Å². The normalized spacial score (nSPS) is 18.9. The van der Waals surface area contributed by atoms with E-state index in [1.54, 1.807) is 125 Å². The molecule has 8 atom stereocenters. The Balaban J connectivity index is 0.000000203. The maximum Gasteiger partial charge on any atom is 0.349 e. The maximum absolute atomic E-state index is 13.6. The van der Waals surface area contributed by atoms with E-state index < -0.39 is 88.1 Å². The number of esters is 2. The minimum atomic E-state index is -3.48. The van der Waals surface area contributed by atoms with Crippen LogP contribution in [0, 0.1) is 79.1 Å². The highest BCUT2D eigenvalue weighted by atomic mass is 32.2. The topological polar surface area (TPSA) is 345 Å². The van der Waals surface area contributed by atoms with Gasteiger partial charge < -0.3 is 38.6 Å². The first kappa shape index (κ1) is 110. The third kappa shape index (κ3) is 27.2. The molecule has 0 radical (unpaired) electrons. The summed E-state index contributed by atoms with van der Waals surface area (Å²) in [4.78, 5) is 106. The van der Waals surface area contributed by atoms with E-state index in [9.17, 15) is 73.8 Å². The zero-order chi connectivity index (χ0) is 101. The first-order chi connectivity index (χ1) is 63.4. The highest BCUT2D eigenvalue weighted by Gasteiger charge is 2.47. The molecule has 0 bridgehead atoms. The van der Waals surface area contributed by atoms with Crippen molar-refractivity contribution < 1.29 is 102 Å². The van der Waals surface area contributed by atoms with Gasteiger partial charge in [-0.05, 0) is 284 Å². The zero-order valence-electron chi connectivity index (χ0n) is 82.5. The highest BCUT2D eigenvalue weighted by molar-refractivity contribution is 7.99. The van der Waals surface area contributed by atoms with Crippen LogP contribution in [0.3, 0.4) is 0 Å². The van der Waals surface area contributed by atoms with Crippen LogP contribution >= 0.6 is 47.0 Å². The van der Waals surface area contributed by atoms with E-state index in [4.69, 9.17) is 28.4 Å². The van der Waals surface area contributed by atoms with E-state index in [2.05, 4.69) is 12.1 Å². The number of aliphatic carboxylic acids is 2. The van der Waals surface area contributed by atoms with Crippen LogP contribution in [0.25, 0.3) is 0 Å². The van der Waals surface area contributed by atoms with Gasteiger partial charge in [0.25, 0.3) is 0 Å². The molecule has 3 aliphatic heterocycles. The van der Waals surface area contributed by atoms with Gasteiger partial charge in [0.2, 0.25) is 30.1 Å². The number of carbonyl (C=O) groups excluding carboxylic acids is 6. The molecule has 136 heavy (non-hydrogen) atoms. The van der Waals surface area contributed by atoms with E-state index in [-0.39, 0.29) is 105 Å². The van der Waals surface area contributed by atoms with E-state index >= 15 is 0 Å². The molecule has 3 saturated heterocycles. The van der Waals surface area contributed by atoms with Gasteiger partial charge in [0.15, 0.2) is 45.5 Å². The lowest BCUT2D eigenvalue weighted by Crippen LogP contribution is -2.40. The molecular weight excluding hydrogens is 1870 g/mol. The number of carboxylic acids is 2. The zero-order valence-corrected chi connectivity index (χ0v) is 88.2. The molecule has 736 valence electrons. The fourth-order valence-electron chi connectivity index (χ4n) is 17.7. The van der Waals surface area contributed by atoms with Gasteiger partial charge >= 0.3 is 23.9 Å². The van der Waals surface area contributed by atoms with Crippen LogP contribution in [0.5, 0.6) is 23.0 Å². The number of aryl methyl sites for hydroxylation is 8. The average molecular weight is 2000 g/mol. The third-order valence-corrected chi connectivity index (χ3v) is 31.9. The molecule has 8 aromatic carbocycles. The van der Waals surface area contributed by atoms with Gasteiger partial charge in [-0.15, -0.1) is 47.0 Å². The number of carbonyl (C=O) groups is 8. The van der Waals surface area contributed by atoms with Crippen molar-refractivity contribution in [3.8, 4) is 23.0 Å². The van der Waals surface area contributed by atoms with Crippen LogP contribution < -0.4 is 18.9 Å². The minimum Gasteiger partial charge on any atom is -0.478 e. The first-order valence-corrected chi connectivity index (χ1v) is 55.5. The van der Waals surface area contributed by atoms with Crippen molar-refractivity contribution in [2.24, 2.45) is 23.7 Å². The van der Waals surface area contributed by atoms with Crippen LogP contribution in [0.2, 0.25) is 0 Å². The van der Waals surface area contributed by atoms with Crippen LogP contribution in [-0.4, -0.2) is 214 Å². The van der Waals surface area contributed by atoms with E-state index in [1.165, 1.54) is 52.4 Å². The molecular formula is C104H131N3O22S7. The summed E-state index contributed by atoms with van der Waals surface area (Å²) in [6.45, 7) is 32.9. The van der Waals surface area contributed by atoms with Crippen LogP contribution in [-0.2, 0) is 58.7 Å². The molecule has 3 heterocycles. The number of ether oxygens (including phenoxy) is 6. The quantitative estimate of drug-likeness (QED) is 0.0219. The fraction of sp³-hybridized carbons (Fsp3) is 0.462. The second kappa shape index (κ2) is 45.7. The lowest BCUT2D eigenvalue weighted by atomic mass is 9.82. The van der Waals surface area contributed by atoms with Gasteiger partial charge in [0.05, 0.1) is 32.0 Å². The number of hydrogen-bond acceptors (Lipinski definition) is 24. The summed E-state index contributed by atoms with van der Waals surface area (Å²) < 4.78 is 112. The monoisotopic (exact) mass is 2000 g/mol. The van der Waals surface area contributed by atoms with Crippen LogP contribution in [0.1, 0.15) is 220 Å². The average Bonchev–Trinajstić information content (AvgIpc) is 1.62. The molecule has 4 fully saturated rings. The number of thioether (sulfide) groups is 4. The molecule has 0 aromatic heterocycles. The smallest absolute Gasteiger partial charge is 0.349 e. The lowest BCUT2D eigenvalue weighted by Gasteiger charge is -2.27. The Morgan fingerprint density at radius 3 is 0.728 bits per heavy atom. The standard InChI is InChI=1S/C27H35NO6S2.C27H34O4S.2C25H31NO6S2/c1-8-33-26(30)27(4,5)34-25-17(2)13-20(14-18(25)3)22-15-28(36(7,31)32)16-23(22)24(29)19-9-11-21(35-6)12-10-19;1-7-30-26(29)27(4,5)31-25-17(2)15-20(16-18(25)3)22-9-8-10-23(22)24(28)19-11-13-21(32-6)14-12-19;2*1-15-11-18(12-16(2)23(15)32-25(3,4)24(28)29)20-13-26(34(6,30)31)14-21(20)22(27)17-7-9-19(33-5)10-8-17/h9-14,22-23H,8,15-16H2,1-7H3;11-16,22-23H,7-10H2,1-6H3;2*7-12,20-21H,13-14H2,1-6H3,(H,28,29)/t2*22-,23+;2*20-,21+/m1110/s1. The lowest BCUT2D eigenvalue weighted by molar-refractivity contribution is -0.159. The molecule has 8 aromatic rings.